The van der Waals surface area contributed by atoms with E-state index in [1.807, 2.05) is 0 Å². The lowest BCUT2D eigenvalue weighted by Gasteiger charge is -2.44. The first-order valence-electron chi connectivity index (χ1n) is 12.6. The van der Waals surface area contributed by atoms with Gasteiger partial charge in [0.1, 0.15) is 41.8 Å². The molecule has 40 heavy (non-hydrogen) atoms. The number of hydrogen-bond donors (Lipinski definition) is 3. The third kappa shape index (κ3) is 5.07. The number of ether oxygens (including phenoxy) is 3. The smallest absolute Gasteiger partial charge is 0.410 e. The number of nitrogens with zero attached hydrogens (tertiary/aromatic N) is 5. The Balaban J connectivity index is 1.36. The molecule has 4 heterocycles. The molecule has 0 unspecified atom stereocenters. The van der Waals surface area contributed by atoms with Crippen molar-refractivity contribution < 1.29 is 52.3 Å². The number of piperidine rings is 1. The second kappa shape index (κ2) is 10.8. The molecule has 0 aliphatic carbocycles. The van der Waals surface area contributed by atoms with Crippen molar-refractivity contribution in [1.82, 2.24) is 24.8 Å². The molecule has 3 aliphatic rings. The number of rotatable bonds is 6. The van der Waals surface area contributed by atoms with Gasteiger partial charge in [-0.05, 0) is 12.1 Å². The van der Waals surface area contributed by atoms with Crippen LogP contribution in [-0.2, 0) is 14.2 Å². The van der Waals surface area contributed by atoms with Crippen molar-refractivity contribution in [3.8, 4) is 11.3 Å². The fraction of sp³-hybridized carbons (Fsp3) is 0.583. The topological polar surface area (TPSA) is 160 Å². The van der Waals surface area contributed by atoms with Crippen LogP contribution in [0, 0.1) is 17.5 Å². The largest absolute Gasteiger partial charge is 0.465 e. The van der Waals surface area contributed by atoms with Gasteiger partial charge in [0, 0.05) is 38.6 Å². The van der Waals surface area contributed by atoms with Gasteiger partial charge >= 0.3 is 12.2 Å². The van der Waals surface area contributed by atoms with Gasteiger partial charge in [-0.1, -0.05) is 5.21 Å². The van der Waals surface area contributed by atoms with Crippen molar-refractivity contribution in [3.05, 3.63) is 35.8 Å². The van der Waals surface area contributed by atoms with Crippen LogP contribution in [0.1, 0.15) is 18.9 Å². The SMILES string of the molecule is CO[C@@H]1[C@@H](n2cc(-c3cc(F)c(F)c(F)c3)nn2)[C@@H](O)[C@@H](CO)O[C@@H]1CN1CC2(CCN(C(=O)O)CC2)OC1=O. The number of aliphatic hydroxyl groups is 2. The van der Waals surface area contributed by atoms with Gasteiger partial charge in [-0.25, -0.2) is 27.4 Å². The normalized spacial score (nSPS) is 28.2. The molecule has 2 aromatic rings. The number of carbonyl (C=O) groups is 2. The van der Waals surface area contributed by atoms with Crippen molar-refractivity contribution in [2.45, 2.75) is 48.9 Å². The average molecular weight is 572 g/mol. The maximum atomic E-state index is 13.8. The number of hydrogen-bond acceptors (Lipinski definition) is 9. The molecule has 0 radical (unpaired) electrons. The zero-order valence-electron chi connectivity index (χ0n) is 21.3. The Morgan fingerprint density at radius 2 is 1.88 bits per heavy atom. The lowest BCUT2D eigenvalue weighted by Crippen LogP contribution is -2.59. The summed E-state index contributed by atoms with van der Waals surface area (Å²) in [7, 11) is 1.36. The summed E-state index contributed by atoms with van der Waals surface area (Å²) < 4.78 is 59.4. The van der Waals surface area contributed by atoms with Crippen molar-refractivity contribution in [1.29, 1.82) is 0 Å². The number of carboxylic acid groups (broad SMARTS) is 1. The third-order valence-corrected chi connectivity index (χ3v) is 7.72. The van der Waals surface area contributed by atoms with E-state index in [0.717, 1.165) is 12.1 Å². The number of carbonyl (C=O) groups excluding carboxylic acids is 1. The van der Waals surface area contributed by atoms with Gasteiger partial charge in [-0.15, -0.1) is 5.10 Å². The fourth-order valence-corrected chi connectivity index (χ4v) is 5.59. The van der Waals surface area contributed by atoms with Crippen LogP contribution >= 0.6 is 0 Å². The Kier molecular flexibility index (Phi) is 7.60. The molecule has 3 saturated heterocycles. The number of aliphatic hydroxyl groups excluding tert-OH is 2. The first-order chi connectivity index (χ1) is 19.1. The van der Waals surface area contributed by atoms with Gasteiger partial charge < -0.3 is 39.3 Å². The monoisotopic (exact) mass is 571 g/mol. The predicted octanol–water partition coefficient (Wildman–Crippen LogP) is 1.00. The summed E-state index contributed by atoms with van der Waals surface area (Å²) in [5.41, 5.74) is -0.954. The quantitative estimate of drug-likeness (QED) is 0.427. The standard InChI is InChI=1S/C24H28F3N5O8/c1-38-21-16(9-31-11-24(40-23(31)37)2-4-30(5-3-24)22(35)36)39-17(10-33)20(34)19(21)32-8-15(28-29-32)12-6-13(25)18(27)14(26)7-12/h6-8,16-17,19-21,33-34H,2-5,9-11H2,1H3,(H,35,36)/t16-,17-,19+,20+,21+/m1/s1. The minimum absolute atomic E-state index is 0.0128. The molecule has 5 rings (SSSR count). The van der Waals surface area contributed by atoms with Gasteiger partial charge in [0.05, 0.1) is 25.9 Å². The Morgan fingerprint density at radius 3 is 2.48 bits per heavy atom. The molecule has 3 aliphatic heterocycles. The van der Waals surface area contributed by atoms with E-state index in [2.05, 4.69) is 10.3 Å². The molecule has 1 aromatic heterocycles. The van der Waals surface area contributed by atoms with Crippen LogP contribution in [-0.4, -0.2) is 122 Å². The van der Waals surface area contributed by atoms with Crippen LogP contribution in [0.3, 0.4) is 0 Å². The predicted molar refractivity (Wildman–Crippen MR) is 127 cm³/mol. The summed E-state index contributed by atoms with van der Waals surface area (Å²) in [5.74, 6) is -4.44. The van der Waals surface area contributed by atoms with Crippen molar-refractivity contribution in [2.24, 2.45) is 0 Å². The van der Waals surface area contributed by atoms with E-state index in [4.69, 9.17) is 14.2 Å². The minimum Gasteiger partial charge on any atom is -0.465 e. The summed E-state index contributed by atoms with van der Waals surface area (Å²) in [4.78, 5) is 26.7. The number of aromatic nitrogens is 3. The highest BCUT2D eigenvalue weighted by Gasteiger charge is 2.52. The van der Waals surface area contributed by atoms with Crippen molar-refractivity contribution >= 4 is 12.2 Å². The molecule has 5 atom stereocenters. The lowest BCUT2D eigenvalue weighted by molar-refractivity contribution is -0.214. The molecule has 16 heteroatoms. The van der Waals surface area contributed by atoms with E-state index in [0.29, 0.717) is 12.8 Å². The van der Waals surface area contributed by atoms with E-state index in [9.17, 15) is 38.1 Å². The zero-order valence-corrected chi connectivity index (χ0v) is 21.3. The summed E-state index contributed by atoms with van der Waals surface area (Å²) in [6, 6.07) is 0.510. The summed E-state index contributed by atoms with van der Waals surface area (Å²) in [6.07, 6.45) is -4.01. The summed E-state index contributed by atoms with van der Waals surface area (Å²) in [6.45, 7) is -0.0120. The third-order valence-electron chi connectivity index (χ3n) is 7.72. The number of halogens is 3. The van der Waals surface area contributed by atoms with Crippen LogP contribution in [0.25, 0.3) is 11.3 Å². The summed E-state index contributed by atoms with van der Waals surface area (Å²) in [5, 5.41) is 38.0. The van der Waals surface area contributed by atoms with E-state index in [-0.39, 0.29) is 37.4 Å². The van der Waals surface area contributed by atoms with Gasteiger partial charge in [-0.2, -0.15) is 0 Å². The molecule has 0 saturated carbocycles. The number of methoxy groups -OCH3 is 1. The van der Waals surface area contributed by atoms with E-state index in [1.54, 1.807) is 0 Å². The number of benzene rings is 1. The highest BCUT2D eigenvalue weighted by molar-refractivity contribution is 5.71. The average Bonchev–Trinajstić information content (AvgIpc) is 3.52. The molecule has 3 N–H and O–H groups in total. The maximum absolute atomic E-state index is 13.8. The van der Waals surface area contributed by atoms with Crippen LogP contribution < -0.4 is 0 Å². The summed E-state index contributed by atoms with van der Waals surface area (Å²) >= 11 is 0. The van der Waals surface area contributed by atoms with Gasteiger partial charge in [0.25, 0.3) is 0 Å². The molecule has 1 spiro atoms. The van der Waals surface area contributed by atoms with Gasteiger partial charge in [0.2, 0.25) is 0 Å². The van der Waals surface area contributed by atoms with Crippen LogP contribution in [0.4, 0.5) is 22.8 Å². The Hall–Kier alpha value is -3.47. The maximum Gasteiger partial charge on any atom is 0.410 e. The van der Waals surface area contributed by atoms with Crippen molar-refractivity contribution in [3.63, 3.8) is 0 Å². The lowest BCUT2D eigenvalue weighted by atomic mass is 9.90. The Labute approximate surface area is 225 Å². The molecule has 1 aromatic carbocycles. The molecule has 3 fully saturated rings. The van der Waals surface area contributed by atoms with Gasteiger partial charge in [0.15, 0.2) is 17.5 Å². The second-order valence-electron chi connectivity index (χ2n) is 10.1. The Morgan fingerprint density at radius 1 is 1.20 bits per heavy atom. The van der Waals surface area contributed by atoms with E-state index < -0.39 is 72.3 Å². The van der Waals surface area contributed by atoms with Crippen LogP contribution in [0.5, 0.6) is 0 Å². The zero-order chi connectivity index (χ0) is 28.8. The molecule has 2 amide bonds. The molecule has 13 nitrogen and oxygen atoms in total. The molecular weight excluding hydrogens is 543 g/mol. The molecular formula is C24H28F3N5O8. The van der Waals surface area contributed by atoms with E-state index >= 15 is 0 Å². The molecule has 0 bridgehead atoms. The second-order valence-corrected chi connectivity index (χ2v) is 10.1. The van der Waals surface area contributed by atoms with Crippen molar-refractivity contribution in [2.75, 3.05) is 39.9 Å². The highest BCUT2D eigenvalue weighted by Crippen LogP contribution is 2.37. The van der Waals surface area contributed by atoms with Crippen LogP contribution in [0.15, 0.2) is 18.3 Å². The fourth-order valence-electron chi connectivity index (χ4n) is 5.59. The first-order valence-corrected chi connectivity index (χ1v) is 12.6. The highest BCUT2D eigenvalue weighted by atomic mass is 19.2. The first kappa shape index (κ1) is 28.1. The number of likely N-dealkylation sites (tertiary alicyclic amines) is 1. The minimum atomic E-state index is -1.63. The Bertz CT molecular complexity index is 1250. The van der Waals surface area contributed by atoms with E-state index in [1.165, 1.54) is 27.8 Å². The molecule has 218 valence electrons. The van der Waals surface area contributed by atoms with Crippen LogP contribution in [0.2, 0.25) is 0 Å². The number of amides is 2. The van der Waals surface area contributed by atoms with Gasteiger partial charge in [-0.3, -0.25) is 0 Å².